The number of benzene rings is 2. The first kappa shape index (κ1) is 23.1. The van der Waals surface area contributed by atoms with Crippen molar-refractivity contribution >= 4 is 43.2 Å². The Morgan fingerprint density at radius 3 is 2.06 bits per heavy atom. The van der Waals surface area contributed by atoms with Crippen LogP contribution in [0.2, 0.25) is 0 Å². The van der Waals surface area contributed by atoms with Crippen LogP contribution in [0.25, 0.3) is 0 Å². The Kier molecular flexibility index (Phi) is 6.70. The third kappa shape index (κ3) is 5.77. The van der Waals surface area contributed by atoms with Gasteiger partial charge in [0.25, 0.3) is 0 Å². The predicted octanol–water partition coefficient (Wildman–Crippen LogP) is 1.66. The van der Waals surface area contributed by atoms with Gasteiger partial charge in [-0.05, 0) is 48.5 Å². The molecule has 32 heavy (non-hydrogen) atoms. The van der Waals surface area contributed by atoms with Crippen molar-refractivity contribution in [3.05, 3.63) is 60.5 Å². The third-order valence-electron chi connectivity index (χ3n) is 3.97. The van der Waals surface area contributed by atoms with E-state index >= 15 is 0 Å². The van der Waals surface area contributed by atoms with Gasteiger partial charge in [-0.25, -0.2) is 31.3 Å². The number of anilines is 4. The molecule has 13 heteroatoms. The number of sulfonamides is 2. The van der Waals surface area contributed by atoms with E-state index in [1.807, 2.05) is 0 Å². The predicted molar refractivity (Wildman–Crippen MR) is 117 cm³/mol. The maximum Gasteiger partial charge on any atom is 0.241 e. The van der Waals surface area contributed by atoms with Crippen LogP contribution in [0.1, 0.15) is 0 Å². The number of primary sulfonamides is 1. The quantitative estimate of drug-likeness (QED) is 0.358. The van der Waals surface area contributed by atoms with Crippen molar-refractivity contribution in [2.75, 3.05) is 17.2 Å². The molecule has 0 fully saturated rings. The molecule has 1 heterocycles. The molecule has 0 spiro atoms. The molecule has 0 aliphatic heterocycles. The number of rotatable bonds is 8. The summed E-state index contributed by atoms with van der Waals surface area (Å²) in [5.41, 5.74) is 0.825. The lowest BCUT2D eigenvalue weighted by atomic mass is 10.3. The highest BCUT2D eigenvalue weighted by molar-refractivity contribution is 7.89. The Balaban J connectivity index is 1.76. The minimum absolute atomic E-state index is 0.00763. The highest BCUT2D eigenvalue weighted by atomic mass is 32.2. The molecule has 0 aliphatic carbocycles. The van der Waals surface area contributed by atoms with Gasteiger partial charge in [-0.15, -0.1) is 6.42 Å². The lowest BCUT2D eigenvalue weighted by molar-refractivity contribution is 0.586. The standard InChI is InChI=1S/C19H17FN6O4S2/c1-2-11-23-32(29,30)16-9-5-13(6-10-16)24-18-17(20)12-22-19(26-18)25-14-3-7-15(8-4-14)31(21,27)28/h1,3-10,12,23H,11H2,(H2,21,27,28)(H2,22,24,25,26). The van der Waals surface area contributed by atoms with Crippen LogP contribution in [0.4, 0.5) is 27.5 Å². The van der Waals surface area contributed by atoms with E-state index in [4.69, 9.17) is 11.6 Å². The minimum atomic E-state index is -3.83. The van der Waals surface area contributed by atoms with Gasteiger partial charge < -0.3 is 10.6 Å². The number of terminal acetylenes is 1. The summed E-state index contributed by atoms with van der Waals surface area (Å²) < 4.78 is 63.1. The second-order valence-corrected chi connectivity index (χ2v) is 9.59. The Bertz CT molecular complexity index is 1370. The van der Waals surface area contributed by atoms with E-state index < -0.39 is 25.9 Å². The van der Waals surface area contributed by atoms with Gasteiger partial charge in [0.15, 0.2) is 11.6 Å². The molecule has 166 valence electrons. The molecule has 0 saturated heterocycles. The summed E-state index contributed by atoms with van der Waals surface area (Å²) in [6.07, 6.45) is 6.00. The molecule has 0 atom stereocenters. The second kappa shape index (κ2) is 9.28. The molecule has 3 rings (SSSR count). The molecule has 0 amide bonds. The molecule has 0 bridgehead atoms. The zero-order valence-electron chi connectivity index (χ0n) is 16.3. The van der Waals surface area contributed by atoms with Crippen molar-refractivity contribution in [3.8, 4) is 12.3 Å². The Hall–Kier alpha value is -3.57. The average molecular weight is 477 g/mol. The van der Waals surface area contributed by atoms with Gasteiger partial charge in [0.2, 0.25) is 26.0 Å². The summed E-state index contributed by atoms with van der Waals surface area (Å²) in [6, 6.07) is 11.0. The van der Waals surface area contributed by atoms with Crippen molar-refractivity contribution in [2.45, 2.75) is 9.79 Å². The van der Waals surface area contributed by atoms with Gasteiger partial charge >= 0.3 is 0 Å². The van der Waals surface area contributed by atoms with Crippen LogP contribution in [0, 0.1) is 18.2 Å². The number of hydrogen-bond donors (Lipinski definition) is 4. The molecule has 0 saturated carbocycles. The fourth-order valence-corrected chi connectivity index (χ4v) is 3.90. The highest BCUT2D eigenvalue weighted by Crippen LogP contribution is 2.22. The Morgan fingerprint density at radius 1 is 0.938 bits per heavy atom. The first-order chi connectivity index (χ1) is 15.1. The topological polar surface area (TPSA) is 156 Å². The van der Waals surface area contributed by atoms with E-state index in [2.05, 4.69) is 31.2 Å². The van der Waals surface area contributed by atoms with Crippen LogP contribution in [0.15, 0.2) is 64.5 Å². The molecule has 1 aromatic heterocycles. The van der Waals surface area contributed by atoms with Crippen LogP contribution in [0.3, 0.4) is 0 Å². The summed E-state index contributed by atoms with van der Waals surface area (Å²) >= 11 is 0. The van der Waals surface area contributed by atoms with Crippen molar-refractivity contribution in [1.29, 1.82) is 0 Å². The zero-order valence-corrected chi connectivity index (χ0v) is 17.9. The van der Waals surface area contributed by atoms with Gasteiger partial charge in [-0.1, -0.05) is 5.92 Å². The fourth-order valence-electron chi connectivity index (χ4n) is 2.45. The van der Waals surface area contributed by atoms with Crippen molar-refractivity contribution in [1.82, 2.24) is 14.7 Å². The van der Waals surface area contributed by atoms with E-state index in [0.29, 0.717) is 11.4 Å². The van der Waals surface area contributed by atoms with Crippen molar-refractivity contribution in [3.63, 3.8) is 0 Å². The zero-order chi connectivity index (χ0) is 23.4. The monoisotopic (exact) mass is 476 g/mol. The van der Waals surface area contributed by atoms with Crippen molar-refractivity contribution < 1.29 is 21.2 Å². The Labute approximate surface area is 184 Å². The normalized spacial score (nSPS) is 11.5. The molecule has 2 aromatic carbocycles. The Morgan fingerprint density at radius 2 is 1.50 bits per heavy atom. The number of nitrogens with one attached hydrogen (secondary N) is 3. The van der Waals surface area contributed by atoms with Crippen LogP contribution < -0.4 is 20.5 Å². The lowest BCUT2D eigenvalue weighted by Gasteiger charge is -2.10. The highest BCUT2D eigenvalue weighted by Gasteiger charge is 2.14. The van der Waals surface area contributed by atoms with Crippen LogP contribution in [-0.4, -0.2) is 33.3 Å². The maximum atomic E-state index is 14.2. The summed E-state index contributed by atoms with van der Waals surface area (Å²) in [4.78, 5) is 7.81. The number of aromatic nitrogens is 2. The minimum Gasteiger partial charge on any atom is -0.338 e. The fraction of sp³-hybridized carbons (Fsp3) is 0.0526. The lowest BCUT2D eigenvalue weighted by Crippen LogP contribution is -2.23. The summed E-state index contributed by atoms with van der Waals surface area (Å²) in [5.74, 6) is 1.31. The van der Waals surface area contributed by atoms with Crippen LogP contribution in [-0.2, 0) is 20.0 Å². The smallest absolute Gasteiger partial charge is 0.241 e. The molecule has 0 radical (unpaired) electrons. The van der Waals surface area contributed by atoms with E-state index in [1.165, 1.54) is 48.5 Å². The molecule has 10 nitrogen and oxygen atoms in total. The van der Waals surface area contributed by atoms with E-state index in [9.17, 15) is 21.2 Å². The van der Waals surface area contributed by atoms with Gasteiger partial charge in [0.05, 0.1) is 22.5 Å². The largest absolute Gasteiger partial charge is 0.338 e. The molecular weight excluding hydrogens is 459 g/mol. The van der Waals surface area contributed by atoms with E-state index in [-0.39, 0.29) is 28.1 Å². The van der Waals surface area contributed by atoms with Gasteiger partial charge in [-0.2, -0.15) is 9.71 Å². The molecule has 3 aromatic rings. The first-order valence-corrected chi connectivity index (χ1v) is 11.8. The van der Waals surface area contributed by atoms with Crippen molar-refractivity contribution in [2.24, 2.45) is 5.14 Å². The van der Waals surface area contributed by atoms with Crippen LogP contribution >= 0.6 is 0 Å². The number of nitrogens with zero attached hydrogens (tertiary/aromatic N) is 2. The molecule has 5 N–H and O–H groups in total. The van der Waals surface area contributed by atoms with E-state index in [1.54, 1.807) is 0 Å². The summed E-state index contributed by atoms with van der Waals surface area (Å²) in [5, 5.41) is 10.6. The third-order valence-corrected chi connectivity index (χ3v) is 6.32. The number of hydrogen-bond acceptors (Lipinski definition) is 8. The van der Waals surface area contributed by atoms with Gasteiger partial charge in [-0.3, -0.25) is 0 Å². The van der Waals surface area contributed by atoms with Gasteiger partial charge in [0.1, 0.15) is 0 Å². The maximum absolute atomic E-state index is 14.2. The second-order valence-electron chi connectivity index (χ2n) is 6.26. The number of halogens is 1. The van der Waals surface area contributed by atoms with Gasteiger partial charge in [0, 0.05) is 11.4 Å². The molecule has 0 unspecified atom stereocenters. The summed E-state index contributed by atoms with van der Waals surface area (Å²) in [7, 11) is -7.57. The SMILES string of the molecule is C#CCNS(=O)(=O)c1ccc(Nc2nc(Nc3ccc(S(N)(=O)=O)cc3)ncc2F)cc1. The number of nitrogens with two attached hydrogens (primary N) is 1. The summed E-state index contributed by atoms with van der Waals surface area (Å²) in [6.45, 7) is -0.144. The van der Waals surface area contributed by atoms with E-state index in [0.717, 1.165) is 6.20 Å². The first-order valence-electron chi connectivity index (χ1n) is 8.81. The average Bonchev–Trinajstić information content (AvgIpc) is 2.75. The molecular formula is C19H17FN6O4S2. The van der Waals surface area contributed by atoms with Crippen LogP contribution in [0.5, 0.6) is 0 Å². The molecule has 0 aliphatic rings.